The van der Waals surface area contributed by atoms with Crippen molar-refractivity contribution in [2.24, 2.45) is 17.3 Å². The Labute approximate surface area is 101 Å². The lowest BCUT2D eigenvalue weighted by Crippen LogP contribution is -2.34. The van der Waals surface area contributed by atoms with Gasteiger partial charge in [0.25, 0.3) is 0 Å². The minimum absolute atomic E-state index is 0.139. The predicted molar refractivity (Wildman–Crippen MR) is 68.5 cm³/mol. The van der Waals surface area contributed by atoms with Crippen LogP contribution in [0, 0.1) is 17.3 Å². The van der Waals surface area contributed by atoms with Gasteiger partial charge in [0.1, 0.15) is 5.78 Å². The van der Waals surface area contributed by atoms with E-state index in [4.69, 9.17) is 4.74 Å². The van der Waals surface area contributed by atoms with Crippen molar-refractivity contribution in [2.75, 3.05) is 13.2 Å². The molecule has 0 unspecified atom stereocenters. The van der Waals surface area contributed by atoms with E-state index in [1.807, 2.05) is 20.8 Å². The highest BCUT2D eigenvalue weighted by Crippen LogP contribution is 2.25. The molecule has 0 aliphatic rings. The normalized spacial score (nSPS) is 14.2. The number of hydrogen-bond donors (Lipinski definition) is 0. The van der Waals surface area contributed by atoms with Crippen LogP contribution < -0.4 is 0 Å². The van der Waals surface area contributed by atoms with Crippen LogP contribution in [-0.2, 0) is 9.53 Å². The predicted octanol–water partition coefficient (Wildman–Crippen LogP) is 3.69. The molecule has 0 rings (SSSR count). The first-order valence-electron chi connectivity index (χ1n) is 6.43. The molecule has 0 radical (unpaired) electrons. The second kappa shape index (κ2) is 7.05. The van der Waals surface area contributed by atoms with Crippen LogP contribution in [0.2, 0.25) is 0 Å². The fourth-order valence-corrected chi connectivity index (χ4v) is 2.02. The van der Waals surface area contributed by atoms with Gasteiger partial charge in [-0.15, -0.1) is 0 Å². The molecule has 0 amide bonds. The molecule has 0 saturated heterocycles. The topological polar surface area (TPSA) is 26.3 Å². The van der Waals surface area contributed by atoms with Crippen LogP contribution in [0.3, 0.4) is 0 Å². The molecule has 0 aromatic carbocycles. The Morgan fingerprint density at radius 2 is 1.81 bits per heavy atom. The van der Waals surface area contributed by atoms with E-state index in [1.165, 1.54) is 0 Å². The number of ketones is 1. The van der Waals surface area contributed by atoms with Gasteiger partial charge < -0.3 is 4.74 Å². The molecule has 0 fully saturated rings. The minimum Gasteiger partial charge on any atom is -0.380 e. The molecule has 0 heterocycles. The summed E-state index contributed by atoms with van der Waals surface area (Å²) in [4.78, 5) is 12.2. The number of Topliss-reactive ketones (excluding diaryl/α,β-unsaturated/α-hetero) is 1. The van der Waals surface area contributed by atoms with E-state index in [9.17, 15) is 4.79 Å². The van der Waals surface area contributed by atoms with Gasteiger partial charge in [-0.3, -0.25) is 4.79 Å². The summed E-state index contributed by atoms with van der Waals surface area (Å²) in [6.45, 7) is 13.7. The zero-order valence-electron chi connectivity index (χ0n) is 11.8. The maximum absolute atomic E-state index is 12.2. The van der Waals surface area contributed by atoms with Gasteiger partial charge in [0, 0.05) is 17.9 Å². The molecule has 0 N–H and O–H groups in total. The fourth-order valence-electron chi connectivity index (χ4n) is 2.02. The van der Waals surface area contributed by atoms with Crippen molar-refractivity contribution < 1.29 is 9.53 Å². The van der Waals surface area contributed by atoms with Gasteiger partial charge in [-0.1, -0.05) is 41.5 Å². The van der Waals surface area contributed by atoms with E-state index in [-0.39, 0.29) is 11.3 Å². The van der Waals surface area contributed by atoms with Crippen molar-refractivity contribution in [2.45, 2.75) is 54.4 Å². The van der Waals surface area contributed by atoms with Gasteiger partial charge in [-0.2, -0.15) is 0 Å². The molecule has 0 aliphatic heterocycles. The molecule has 96 valence electrons. The number of carbonyl (C=O) groups is 1. The van der Waals surface area contributed by atoms with Gasteiger partial charge >= 0.3 is 0 Å². The molecule has 2 heteroatoms. The van der Waals surface area contributed by atoms with Gasteiger partial charge in [0.15, 0.2) is 0 Å². The maximum Gasteiger partial charge on any atom is 0.143 e. The standard InChI is InChI=1S/C14H28O2/c1-7-8-16-10-14(5,6)13(15)12(4)9-11(2)3/h11-12H,7-10H2,1-6H3/t12-/m0/s1. The Morgan fingerprint density at radius 1 is 1.25 bits per heavy atom. The van der Waals surface area contributed by atoms with E-state index in [2.05, 4.69) is 20.8 Å². The molecule has 0 aromatic rings. The van der Waals surface area contributed by atoms with Gasteiger partial charge in [0.05, 0.1) is 6.61 Å². The SMILES string of the molecule is CCCOCC(C)(C)C(=O)[C@@H](C)CC(C)C. The van der Waals surface area contributed by atoms with E-state index in [0.29, 0.717) is 18.3 Å². The Hall–Kier alpha value is -0.370. The average molecular weight is 228 g/mol. The Bertz CT molecular complexity index is 207. The van der Waals surface area contributed by atoms with Crippen LogP contribution in [0.4, 0.5) is 0 Å². The summed E-state index contributed by atoms with van der Waals surface area (Å²) < 4.78 is 5.50. The monoisotopic (exact) mass is 228 g/mol. The molecule has 2 nitrogen and oxygen atoms in total. The fraction of sp³-hybridized carbons (Fsp3) is 0.929. The Balaban J connectivity index is 4.21. The summed E-state index contributed by atoms with van der Waals surface area (Å²) in [6.07, 6.45) is 1.97. The van der Waals surface area contributed by atoms with Crippen molar-refractivity contribution in [3.8, 4) is 0 Å². The van der Waals surface area contributed by atoms with Crippen LogP contribution in [0.15, 0.2) is 0 Å². The molecular formula is C14H28O2. The first-order chi connectivity index (χ1) is 7.31. The van der Waals surface area contributed by atoms with E-state index >= 15 is 0 Å². The summed E-state index contributed by atoms with van der Waals surface area (Å²) in [7, 11) is 0. The largest absolute Gasteiger partial charge is 0.380 e. The molecule has 0 bridgehead atoms. The van der Waals surface area contributed by atoms with E-state index < -0.39 is 0 Å². The summed E-state index contributed by atoms with van der Waals surface area (Å²) in [5.41, 5.74) is -0.344. The highest BCUT2D eigenvalue weighted by atomic mass is 16.5. The van der Waals surface area contributed by atoms with Crippen LogP contribution in [0.5, 0.6) is 0 Å². The molecule has 0 saturated carbocycles. The van der Waals surface area contributed by atoms with Crippen molar-refractivity contribution >= 4 is 5.78 Å². The van der Waals surface area contributed by atoms with Crippen LogP contribution >= 0.6 is 0 Å². The lowest BCUT2D eigenvalue weighted by molar-refractivity contribution is -0.134. The highest BCUT2D eigenvalue weighted by molar-refractivity contribution is 5.86. The summed E-state index contributed by atoms with van der Waals surface area (Å²) in [6, 6.07) is 0. The molecule has 0 aliphatic carbocycles. The number of carbonyl (C=O) groups excluding carboxylic acids is 1. The smallest absolute Gasteiger partial charge is 0.143 e. The number of ether oxygens (including phenoxy) is 1. The quantitative estimate of drug-likeness (QED) is 0.592. The second-order valence-corrected chi connectivity index (χ2v) is 5.83. The maximum atomic E-state index is 12.2. The highest BCUT2D eigenvalue weighted by Gasteiger charge is 2.31. The third-order valence-corrected chi connectivity index (χ3v) is 2.75. The van der Waals surface area contributed by atoms with E-state index in [0.717, 1.165) is 19.4 Å². The molecule has 0 spiro atoms. The van der Waals surface area contributed by atoms with Crippen LogP contribution in [0.25, 0.3) is 0 Å². The molecular weight excluding hydrogens is 200 g/mol. The summed E-state index contributed by atoms with van der Waals surface area (Å²) >= 11 is 0. The Morgan fingerprint density at radius 3 is 2.25 bits per heavy atom. The number of rotatable bonds is 8. The summed E-state index contributed by atoms with van der Waals surface area (Å²) in [5, 5.41) is 0. The van der Waals surface area contributed by atoms with Crippen molar-refractivity contribution in [3.63, 3.8) is 0 Å². The van der Waals surface area contributed by atoms with Crippen molar-refractivity contribution in [1.82, 2.24) is 0 Å². The first-order valence-corrected chi connectivity index (χ1v) is 6.43. The van der Waals surface area contributed by atoms with Gasteiger partial charge in [-0.05, 0) is 18.8 Å². The third-order valence-electron chi connectivity index (χ3n) is 2.75. The lowest BCUT2D eigenvalue weighted by atomic mass is 9.79. The average Bonchev–Trinajstić information content (AvgIpc) is 2.15. The molecule has 0 aromatic heterocycles. The van der Waals surface area contributed by atoms with Gasteiger partial charge in [-0.25, -0.2) is 0 Å². The summed E-state index contributed by atoms with van der Waals surface area (Å²) in [5.74, 6) is 1.05. The molecule has 1 atom stereocenters. The zero-order chi connectivity index (χ0) is 12.8. The van der Waals surface area contributed by atoms with Crippen LogP contribution in [-0.4, -0.2) is 19.0 Å². The van der Waals surface area contributed by atoms with Crippen molar-refractivity contribution in [3.05, 3.63) is 0 Å². The zero-order valence-corrected chi connectivity index (χ0v) is 11.8. The first kappa shape index (κ1) is 15.6. The van der Waals surface area contributed by atoms with Gasteiger partial charge in [0.2, 0.25) is 0 Å². The molecule has 16 heavy (non-hydrogen) atoms. The third kappa shape index (κ3) is 5.64. The minimum atomic E-state index is -0.344. The van der Waals surface area contributed by atoms with Crippen molar-refractivity contribution in [1.29, 1.82) is 0 Å². The lowest BCUT2D eigenvalue weighted by Gasteiger charge is -2.27. The Kier molecular flexibility index (Phi) is 6.89. The second-order valence-electron chi connectivity index (χ2n) is 5.83. The van der Waals surface area contributed by atoms with Crippen LogP contribution in [0.1, 0.15) is 54.4 Å². The van der Waals surface area contributed by atoms with E-state index in [1.54, 1.807) is 0 Å². The number of hydrogen-bond acceptors (Lipinski definition) is 2.